The Bertz CT molecular complexity index is 768. The molecule has 2 aromatic rings. The lowest BCUT2D eigenvalue weighted by atomic mass is 10.2. The summed E-state index contributed by atoms with van der Waals surface area (Å²) in [7, 11) is 0. The number of hydrogen-bond acceptors (Lipinski definition) is 3. The van der Waals surface area contributed by atoms with Crippen molar-refractivity contribution < 1.29 is 5.11 Å². The molecule has 4 nitrogen and oxygen atoms in total. The minimum Gasteiger partial charge on any atom is -0.513 e. The highest BCUT2D eigenvalue weighted by Gasteiger charge is 2.21. The maximum atomic E-state index is 9.54. The molecule has 1 aliphatic rings. The van der Waals surface area contributed by atoms with Crippen LogP contribution in [0.3, 0.4) is 0 Å². The van der Waals surface area contributed by atoms with Gasteiger partial charge >= 0.3 is 0 Å². The van der Waals surface area contributed by atoms with Crippen LogP contribution in [-0.4, -0.2) is 19.6 Å². The maximum Gasteiger partial charge on any atom is 0.224 e. The molecule has 0 atom stereocenters. The van der Waals surface area contributed by atoms with Gasteiger partial charge in [-0.2, -0.15) is 4.98 Å². The Morgan fingerprint density at radius 3 is 2.65 bits per heavy atom. The molecule has 1 fully saturated rings. The molecule has 106 valence electrons. The molecule has 1 N–H and O–H groups in total. The summed E-state index contributed by atoms with van der Waals surface area (Å²) in [5.74, 6) is 0. The molecule has 0 radical (unpaired) electrons. The average molecular weight is 292 g/mol. The number of aromatic nitrogens is 3. The van der Waals surface area contributed by atoms with Crippen LogP contribution in [-0.2, 0) is 0 Å². The van der Waals surface area contributed by atoms with Gasteiger partial charge in [-0.05, 0) is 49.9 Å². The number of fused-ring (bicyclic) bond motifs is 1. The fraction of sp³-hybridized carbons (Fsp3) is 0.467. The van der Waals surface area contributed by atoms with Crippen LogP contribution in [0.15, 0.2) is 6.07 Å². The molecule has 5 heteroatoms. The second kappa shape index (κ2) is 5.09. The molecule has 0 spiro atoms. The Morgan fingerprint density at radius 1 is 1.35 bits per heavy atom. The monoisotopic (exact) mass is 291 g/mol. The highest BCUT2D eigenvalue weighted by atomic mass is 35.5. The zero-order valence-electron chi connectivity index (χ0n) is 11.7. The van der Waals surface area contributed by atoms with Gasteiger partial charge in [0.1, 0.15) is 11.9 Å². The summed E-state index contributed by atoms with van der Waals surface area (Å²) in [4.78, 5) is 8.73. The van der Waals surface area contributed by atoms with Gasteiger partial charge in [0.2, 0.25) is 5.28 Å². The van der Waals surface area contributed by atoms with Crippen LogP contribution in [0.1, 0.15) is 45.6 Å². The number of rotatable bonds is 1. The minimum absolute atomic E-state index is 0.260. The van der Waals surface area contributed by atoms with E-state index in [2.05, 4.69) is 14.5 Å². The van der Waals surface area contributed by atoms with Crippen molar-refractivity contribution in [1.82, 2.24) is 14.5 Å². The van der Waals surface area contributed by atoms with Gasteiger partial charge in [-0.3, -0.25) is 0 Å². The second-order valence-electron chi connectivity index (χ2n) is 5.59. The summed E-state index contributed by atoms with van der Waals surface area (Å²) in [5, 5.41) is 12.4. The molecule has 1 saturated carbocycles. The van der Waals surface area contributed by atoms with E-state index < -0.39 is 0 Å². The van der Waals surface area contributed by atoms with Gasteiger partial charge in [0.05, 0.1) is 10.7 Å². The van der Waals surface area contributed by atoms with Gasteiger partial charge in [-0.25, -0.2) is 4.98 Å². The van der Waals surface area contributed by atoms with Crippen molar-refractivity contribution in [3.63, 3.8) is 0 Å². The molecule has 2 aromatic heterocycles. The third kappa shape index (κ3) is 2.08. The Balaban J connectivity index is 2.43. The fourth-order valence-electron chi connectivity index (χ4n) is 3.11. The molecule has 2 heterocycles. The quantitative estimate of drug-likeness (QED) is 0.822. The van der Waals surface area contributed by atoms with Crippen molar-refractivity contribution in [3.05, 3.63) is 22.0 Å². The van der Waals surface area contributed by atoms with E-state index in [-0.39, 0.29) is 5.28 Å². The number of hydrogen-bond donors (Lipinski definition) is 1. The largest absolute Gasteiger partial charge is 0.513 e. The van der Waals surface area contributed by atoms with Gasteiger partial charge < -0.3 is 9.67 Å². The van der Waals surface area contributed by atoms with Crippen LogP contribution in [0.2, 0.25) is 5.28 Å². The highest BCUT2D eigenvalue weighted by Crippen LogP contribution is 2.30. The molecule has 20 heavy (non-hydrogen) atoms. The number of aliphatic hydroxyl groups is 1. The predicted octanol–water partition coefficient (Wildman–Crippen LogP) is 2.69. The Hall–Kier alpha value is -1.55. The van der Waals surface area contributed by atoms with Gasteiger partial charge in [-0.15, -0.1) is 0 Å². The smallest absolute Gasteiger partial charge is 0.224 e. The number of nitrogens with zero attached hydrogens (tertiary/aromatic N) is 3. The van der Waals surface area contributed by atoms with Gasteiger partial charge in [0.25, 0.3) is 0 Å². The van der Waals surface area contributed by atoms with E-state index in [1.54, 1.807) is 0 Å². The first-order valence-corrected chi connectivity index (χ1v) is 7.36. The molecule has 0 aromatic carbocycles. The summed E-state index contributed by atoms with van der Waals surface area (Å²) >= 11 is 6.08. The zero-order valence-corrected chi connectivity index (χ0v) is 12.5. The molecule has 3 rings (SSSR count). The molecule has 0 aliphatic heterocycles. The van der Waals surface area contributed by atoms with Gasteiger partial charge in [-0.1, -0.05) is 12.8 Å². The van der Waals surface area contributed by atoms with Crippen LogP contribution in [0.4, 0.5) is 0 Å². The number of halogens is 1. The molecular formula is C15H18ClN3O. The van der Waals surface area contributed by atoms with Crippen molar-refractivity contribution in [2.24, 2.45) is 0 Å². The van der Waals surface area contributed by atoms with Crippen molar-refractivity contribution in [2.45, 2.75) is 45.6 Å². The normalized spacial score (nSPS) is 17.2. The van der Waals surface area contributed by atoms with Gasteiger partial charge in [0.15, 0.2) is 0 Å². The van der Waals surface area contributed by atoms with E-state index in [0.29, 0.717) is 6.04 Å². The van der Waals surface area contributed by atoms with E-state index in [1.807, 2.05) is 19.9 Å². The van der Waals surface area contributed by atoms with E-state index in [1.165, 1.54) is 12.8 Å². The van der Waals surface area contributed by atoms with Crippen molar-refractivity contribution in [2.75, 3.05) is 0 Å². The molecule has 0 unspecified atom stereocenters. The Kier molecular flexibility index (Phi) is 3.42. The lowest BCUT2D eigenvalue weighted by Crippen LogP contribution is -2.20. The molecule has 1 aliphatic carbocycles. The number of aliphatic hydroxyl groups excluding tert-OH is 1. The van der Waals surface area contributed by atoms with Crippen LogP contribution < -0.4 is 10.7 Å². The lowest BCUT2D eigenvalue weighted by Gasteiger charge is -2.13. The van der Waals surface area contributed by atoms with Crippen molar-refractivity contribution >= 4 is 34.5 Å². The topological polar surface area (TPSA) is 50.9 Å². The third-order valence-electron chi connectivity index (χ3n) is 3.99. The maximum absolute atomic E-state index is 9.54. The fourth-order valence-corrected chi connectivity index (χ4v) is 3.28. The second-order valence-corrected chi connectivity index (χ2v) is 5.92. The van der Waals surface area contributed by atoms with Crippen LogP contribution in [0.5, 0.6) is 0 Å². The highest BCUT2D eigenvalue weighted by molar-refractivity contribution is 6.28. The molecule has 0 saturated heterocycles. The van der Waals surface area contributed by atoms with Crippen LogP contribution >= 0.6 is 11.6 Å². The van der Waals surface area contributed by atoms with Crippen molar-refractivity contribution in [1.29, 1.82) is 0 Å². The van der Waals surface area contributed by atoms with Gasteiger partial charge in [0, 0.05) is 11.4 Å². The first-order chi connectivity index (χ1) is 9.61. The summed E-state index contributed by atoms with van der Waals surface area (Å²) in [6.07, 6.45) is 5.84. The minimum atomic E-state index is 0.260. The SMILES string of the molecule is CC(C)=c1nc(Cl)nc2c1cc(=CO)n2C1CCCC1. The van der Waals surface area contributed by atoms with E-state index in [9.17, 15) is 5.11 Å². The summed E-state index contributed by atoms with van der Waals surface area (Å²) in [6, 6.07) is 2.34. The molecule has 0 amide bonds. The summed E-state index contributed by atoms with van der Waals surface area (Å²) < 4.78 is 2.11. The van der Waals surface area contributed by atoms with Crippen LogP contribution in [0, 0.1) is 0 Å². The lowest BCUT2D eigenvalue weighted by molar-refractivity contribution is 0.497. The van der Waals surface area contributed by atoms with E-state index in [4.69, 9.17) is 11.6 Å². The summed E-state index contributed by atoms with van der Waals surface area (Å²) in [5.41, 5.74) is 1.92. The average Bonchev–Trinajstić information content (AvgIpc) is 3.03. The van der Waals surface area contributed by atoms with Crippen LogP contribution in [0.25, 0.3) is 22.9 Å². The van der Waals surface area contributed by atoms with E-state index >= 15 is 0 Å². The zero-order chi connectivity index (χ0) is 14.3. The summed E-state index contributed by atoms with van der Waals surface area (Å²) in [6.45, 7) is 4.01. The van der Waals surface area contributed by atoms with E-state index in [0.717, 1.165) is 46.4 Å². The molecular weight excluding hydrogens is 274 g/mol. The third-order valence-corrected chi connectivity index (χ3v) is 4.16. The Morgan fingerprint density at radius 2 is 2.05 bits per heavy atom. The predicted molar refractivity (Wildman–Crippen MR) is 81.1 cm³/mol. The Labute approximate surface area is 122 Å². The van der Waals surface area contributed by atoms with Crippen molar-refractivity contribution in [3.8, 4) is 0 Å². The molecule has 0 bridgehead atoms. The first kappa shape index (κ1) is 13.4. The first-order valence-electron chi connectivity index (χ1n) is 6.98. The standard InChI is InChI=1S/C15H18ClN3O/c1-9(2)13-12-7-11(8-20)19(10-5-3-4-6-10)14(12)18-15(16)17-13/h7-8,10,20H,3-6H2,1-2H3.